The Bertz CT molecular complexity index is 460. The van der Waals surface area contributed by atoms with E-state index in [-0.39, 0.29) is 5.69 Å². The van der Waals surface area contributed by atoms with Crippen LogP contribution >= 0.6 is 34.8 Å². The molecule has 7 heteroatoms. The minimum absolute atomic E-state index is 0.148. The minimum Gasteiger partial charge on any atom is -0.466 e. The Balaban J connectivity index is 2.83. The molecular weight excluding hydrogens is 288 g/mol. The molecule has 92 valence electrons. The van der Waals surface area contributed by atoms with E-state index in [1.54, 1.807) is 0 Å². The Labute approximate surface area is 112 Å². The van der Waals surface area contributed by atoms with Crippen LogP contribution in [0.2, 0.25) is 0 Å². The fourth-order valence-electron chi connectivity index (χ4n) is 1.02. The largest absolute Gasteiger partial charge is 0.466 e. The van der Waals surface area contributed by atoms with Gasteiger partial charge in [0.15, 0.2) is 0 Å². The summed E-state index contributed by atoms with van der Waals surface area (Å²) < 4.78 is 2.41. The molecule has 0 aromatic carbocycles. The van der Waals surface area contributed by atoms with Crippen molar-refractivity contribution >= 4 is 52.6 Å². The predicted molar refractivity (Wildman–Crippen MR) is 66.5 cm³/mol. The maximum absolute atomic E-state index is 11.5. The van der Waals surface area contributed by atoms with Crippen LogP contribution in [0.5, 0.6) is 0 Å². The van der Waals surface area contributed by atoms with Crippen molar-refractivity contribution in [2.24, 2.45) is 0 Å². The molecular formula is C10H8Cl3NO3. The predicted octanol–water partition coefficient (Wildman–Crippen LogP) is 2.75. The number of hydrogen-bond acceptors (Lipinski definition) is 3. The Hall–Kier alpha value is -0.970. The first-order chi connectivity index (χ1) is 7.84. The number of esters is 1. The summed E-state index contributed by atoms with van der Waals surface area (Å²) in [7, 11) is 1.27. The van der Waals surface area contributed by atoms with E-state index in [1.807, 2.05) is 0 Å². The second-order valence-corrected chi connectivity index (χ2v) is 5.31. The van der Waals surface area contributed by atoms with Crippen LogP contribution in [-0.2, 0) is 9.53 Å². The van der Waals surface area contributed by atoms with Crippen molar-refractivity contribution in [3.8, 4) is 0 Å². The van der Waals surface area contributed by atoms with E-state index in [4.69, 9.17) is 34.8 Å². The van der Waals surface area contributed by atoms with Gasteiger partial charge in [-0.05, 0) is 17.7 Å². The lowest BCUT2D eigenvalue weighted by molar-refractivity contribution is -0.134. The standard InChI is InChI=1S/C10H8Cl3NO3/c1-17-8(15)3-2-6-4-7(14-5-6)9(16)10(11,12)13/h2-5,14H,1H3. The van der Waals surface area contributed by atoms with Gasteiger partial charge < -0.3 is 9.72 Å². The van der Waals surface area contributed by atoms with Gasteiger partial charge in [0.05, 0.1) is 12.8 Å². The highest BCUT2D eigenvalue weighted by molar-refractivity contribution is 6.77. The van der Waals surface area contributed by atoms with E-state index in [1.165, 1.54) is 31.5 Å². The van der Waals surface area contributed by atoms with Gasteiger partial charge in [0.25, 0.3) is 3.79 Å². The molecule has 0 aliphatic heterocycles. The van der Waals surface area contributed by atoms with Gasteiger partial charge in [-0.15, -0.1) is 0 Å². The lowest BCUT2D eigenvalue weighted by Gasteiger charge is -2.06. The van der Waals surface area contributed by atoms with Crippen LogP contribution in [0.3, 0.4) is 0 Å². The normalized spacial score (nSPS) is 11.8. The van der Waals surface area contributed by atoms with Gasteiger partial charge in [0, 0.05) is 12.3 Å². The first-order valence-corrected chi connectivity index (χ1v) is 5.54. The lowest BCUT2D eigenvalue weighted by Crippen LogP contribution is -2.19. The number of aromatic amines is 1. The zero-order valence-corrected chi connectivity index (χ0v) is 10.9. The summed E-state index contributed by atoms with van der Waals surface area (Å²) in [4.78, 5) is 25.0. The number of halogens is 3. The number of hydrogen-bond donors (Lipinski definition) is 1. The first kappa shape index (κ1) is 14.1. The molecule has 17 heavy (non-hydrogen) atoms. The molecule has 1 rings (SSSR count). The summed E-state index contributed by atoms with van der Waals surface area (Å²) >= 11 is 16.3. The molecule has 1 aromatic heterocycles. The molecule has 0 bridgehead atoms. The van der Waals surface area contributed by atoms with Crippen molar-refractivity contribution in [3.63, 3.8) is 0 Å². The third kappa shape index (κ3) is 4.07. The molecule has 0 atom stereocenters. The van der Waals surface area contributed by atoms with Crippen molar-refractivity contribution < 1.29 is 14.3 Å². The maximum Gasteiger partial charge on any atom is 0.330 e. The molecule has 0 aliphatic carbocycles. The van der Waals surface area contributed by atoms with Gasteiger partial charge in [0.2, 0.25) is 5.78 Å². The fraction of sp³-hybridized carbons (Fsp3) is 0.200. The molecule has 0 fully saturated rings. The van der Waals surface area contributed by atoms with Gasteiger partial charge in [-0.2, -0.15) is 0 Å². The summed E-state index contributed by atoms with van der Waals surface area (Å²) in [5.74, 6) is -1.17. The van der Waals surface area contributed by atoms with E-state index in [9.17, 15) is 9.59 Å². The summed E-state index contributed by atoms with van der Waals surface area (Å²) in [5.41, 5.74) is 0.738. The van der Waals surface area contributed by atoms with Crippen LogP contribution in [0.15, 0.2) is 18.3 Å². The summed E-state index contributed by atoms with van der Waals surface area (Å²) in [6.07, 6.45) is 4.19. The molecule has 0 amide bonds. The molecule has 0 saturated carbocycles. The number of aromatic nitrogens is 1. The van der Waals surface area contributed by atoms with Gasteiger partial charge in [-0.3, -0.25) is 4.79 Å². The molecule has 1 aromatic rings. The first-order valence-electron chi connectivity index (χ1n) is 4.40. The highest BCUT2D eigenvalue weighted by Crippen LogP contribution is 2.30. The van der Waals surface area contributed by atoms with Gasteiger partial charge >= 0.3 is 5.97 Å². The number of carbonyl (C=O) groups excluding carboxylic acids is 2. The van der Waals surface area contributed by atoms with Crippen molar-refractivity contribution in [3.05, 3.63) is 29.6 Å². The quantitative estimate of drug-likeness (QED) is 0.404. The monoisotopic (exact) mass is 295 g/mol. The molecule has 0 saturated heterocycles. The third-order valence-electron chi connectivity index (χ3n) is 1.82. The number of ether oxygens (including phenoxy) is 1. The van der Waals surface area contributed by atoms with Gasteiger partial charge in [-0.1, -0.05) is 34.8 Å². The molecule has 0 aliphatic rings. The number of rotatable bonds is 3. The van der Waals surface area contributed by atoms with Crippen LogP contribution < -0.4 is 0 Å². The molecule has 1 heterocycles. The molecule has 0 unspecified atom stereocenters. The number of methoxy groups -OCH3 is 1. The smallest absolute Gasteiger partial charge is 0.330 e. The molecule has 1 N–H and O–H groups in total. The topological polar surface area (TPSA) is 59.2 Å². The minimum atomic E-state index is -2.01. The Morgan fingerprint density at radius 1 is 1.41 bits per heavy atom. The lowest BCUT2D eigenvalue weighted by atomic mass is 10.2. The van der Waals surface area contributed by atoms with Crippen LogP contribution in [0, 0.1) is 0 Å². The van der Waals surface area contributed by atoms with Crippen LogP contribution in [0.4, 0.5) is 0 Å². The molecule has 0 spiro atoms. The van der Waals surface area contributed by atoms with Crippen molar-refractivity contribution in [2.75, 3.05) is 7.11 Å². The highest BCUT2D eigenvalue weighted by atomic mass is 35.6. The van der Waals surface area contributed by atoms with Crippen LogP contribution in [-0.4, -0.2) is 27.6 Å². The summed E-state index contributed by atoms with van der Waals surface area (Å²) in [6, 6.07) is 1.46. The number of ketones is 1. The van der Waals surface area contributed by atoms with Crippen molar-refractivity contribution in [1.82, 2.24) is 4.98 Å². The molecule has 0 radical (unpaired) electrons. The van der Waals surface area contributed by atoms with Gasteiger partial charge in [-0.25, -0.2) is 4.79 Å². The maximum atomic E-state index is 11.5. The number of nitrogens with one attached hydrogen (secondary N) is 1. The van der Waals surface area contributed by atoms with E-state index < -0.39 is 15.5 Å². The van der Waals surface area contributed by atoms with E-state index in [2.05, 4.69) is 9.72 Å². The van der Waals surface area contributed by atoms with Gasteiger partial charge in [0.1, 0.15) is 0 Å². The Morgan fingerprint density at radius 3 is 2.59 bits per heavy atom. The second-order valence-electron chi connectivity index (χ2n) is 3.03. The Kier molecular flexibility index (Phi) is 4.62. The highest BCUT2D eigenvalue weighted by Gasteiger charge is 2.32. The summed E-state index contributed by atoms with van der Waals surface area (Å²) in [5, 5.41) is 0. The Morgan fingerprint density at radius 2 is 2.06 bits per heavy atom. The van der Waals surface area contributed by atoms with E-state index in [0.29, 0.717) is 5.56 Å². The van der Waals surface area contributed by atoms with E-state index >= 15 is 0 Å². The van der Waals surface area contributed by atoms with Crippen LogP contribution in [0.25, 0.3) is 6.08 Å². The van der Waals surface area contributed by atoms with Crippen molar-refractivity contribution in [1.29, 1.82) is 0 Å². The summed E-state index contributed by atoms with van der Waals surface area (Å²) in [6.45, 7) is 0. The SMILES string of the molecule is COC(=O)C=Cc1c[nH]c(C(=O)C(Cl)(Cl)Cl)c1. The number of carbonyl (C=O) groups is 2. The zero-order chi connectivity index (χ0) is 13.1. The number of Topliss-reactive ketones (excluding diaryl/α,β-unsaturated/α-hetero) is 1. The fourth-order valence-corrected chi connectivity index (χ4v) is 1.33. The van der Waals surface area contributed by atoms with Crippen molar-refractivity contribution in [2.45, 2.75) is 3.79 Å². The average Bonchev–Trinajstić information content (AvgIpc) is 2.71. The number of H-pyrrole nitrogens is 1. The average molecular weight is 297 g/mol. The second kappa shape index (κ2) is 5.58. The van der Waals surface area contributed by atoms with E-state index in [0.717, 1.165) is 0 Å². The van der Waals surface area contributed by atoms with Crippen LogP contribution in [0.1, 0.15) is 16.1 Å². The third-order valence-corrected chi connectivity index (χ3v) is 2.34. The number of alkyl halides is 3. The molecule has 4 nitrogen and oxygen atoms in total. The zero-order valence-electron chi connectivity index (χ0n) is 8.67.